The van der Waals surface area contributed by atoms with Gasteiger partial charge in [-0.25, -0.2) is 0 Å². The van der Waals surface area contributed by atoms with Crippen molar-refractivity contribution < 1.29 is 4.43 Å². The van der Waals surface area contributed by atoms with Crippen LogP contribution in [0.4, 0.5) is 0 Å². The van der Waals surface area contributed by atoms with Crippen LogP contribution in [0.1, 0.15) is 32.3 Å². The molecule has 0 saturated heterocycles. The van der Waals surface area contributed by atoms with Gasteiger partial charge in [0.15, 0.2) is 0 Å². The van der Waals surface area contributed by atoms with Crippen molar-refractivity contribution in [1.82, 2.24) is 0 Å². The lowest BCUT2D eigenvalue weighted by Crippen LogP contribution is -2.36. The molecular formula is C33H40OPSi+. The van der Waals surface area contributed by atoms with E-state index >= 15 is 0 Å². The zero-order valence-electron chi connectivity index (χ0n) is 22.2. The molecule has 3 heteroatoms. The largest absolute Gasteiger partial charge is 0.544 e. The van der Waals surface area contributed by atoms with E-state index in [0.717, 1.165) is 17.8 Å². The fourth-order valence-corrected chi connectivity index (χ4v) is 12.5. The lowest BCUT2D eigenvalue weighted by Gasteiger charge is -2.28. The van der Waals surface area contributed by atoms with Gasteiger partial charge in [0.2, 0.25) is 8.32 Å². The van der Waals surface area contributed by atoms with E-state index in [-0.39, 0.29) is 0 Å². The van der Waals surface area contributed by atoms with E-state index < -0.39 is 15.6 Å². The molecule has 1 atom stereocenters. The quantitative estimate of drug-likeness (QED) is 0.146. The molecule has 0 N–H and O–H groups in total. The second-order valence-electron chi connectivity index (χ2n) is 10.6. The summed E-state index contributed by atoms with van der Waals surface area (Å²) in [5.41, 5.74) is 1.35. The van der Waals surface area contributed by atoms with Crippen LogP contribution in [0.2, 0.25) is 19.1 Å². The molecule has 0 radical (unpaired) electrons. The normalized spacial score (nSPS) is 12.8. The van der Waals surface area contributed by atoms with Gasteiger partial charge in [0.1, 0.15) is 28.9 Å². The van der Waals surface area contributed by atoms with Crippen molar-refractivity contribution >= 4 is 31.5 Å². The minimum absolute atomic E-state index is 0.726. The second kappa shape index (κ2) is 12.0. The van der Waals surface area contributed by atoms with E-state index in [1.807, 2.05) is 0 Å². The maximum atomic E-state index is 6.61. The second-order valence-corrected chi connectivity index (χ2v) is 18.2. The van der Waals surface area contributed by atoms with Gasteiger partial charge in [-0.2, -0.15) is 0 Å². The first-order chi connectivity index (χ1) is 17.4. The Kier molecular flexibility index (Phi) is 8.83. The van der Waals surface area contributed by atoms with Crippen molar-refractivity contribution in [3.8, 4) is 5.75 Å². The van der Waals surface area contributed by atoms with E-state index in [1.54, 1.807) is 0 Å². The van der Waals surface area contributed by atoms with Crippen LogP contribution in [-0.4, -0.2) is 8.32 Å². The van der Waals surface area contributed by atoms with Gasteiger partial charge in [0.05, 0.1) is 6.16 Å². The third-order valence-electron chi connectivity index (χ3n) is 6.95. The highest BCUT2D eigenvalue weighted by Crippen LogP contribution is 2.58. The number of benzene rings is 4. The minimum atomic E-state index is -1.89. The van der Waals surface area contributed by atoms with E-state index in [2.05, 4.69) is 142 Å². The molecule has 0 aliphatic carbocycles. The van der Waals surface area contributed by atoms with Gasteiger partial charge in [-0.05, 0) is 79.2 Å². The Balaban J connectivity index is 1.69. The van der Waals surface area contributed by atoms with Crippen molar-refractivity contribution in [2.45, 2.75) is 52.0 Å². The molecule has 0 heterocycles. The molecule has 0 saturated carbocycles. The van der Waals surface area contributed by atoms with E-state index in [1.165, 1.54) is 40.4 Å². The molecule has 0 spiro atoms. The molecule has 0 aromatic heterocycles. The molecule has 4 rings (SSSR count). The first-order valence-electron chi connectivity index (χ1n) is 13.3. The molecule has 0 amide bonds. The van der Waals surface area contributed by atoms with E-state index in [9.17, 15) is 0 Å². The maximum absolute atomic E-state index is 6.61. The molecule has 0 bridgehead atoms. The Morgan fingerprint density at radius 2 is 1.11 bits per heavy atom. The SMILES string of the molecule is CCCC(C)C[Si](C)(C)Oc1ccc(C[P+](c2ccccc2)(c2ccccc2)c2ccccc2)cc1. The predicted octanol–water partition coefficient (Wildman–Crippen LogP) is 8.20. The first-order valence-corrected chi connectivity index (χ1v) is 18.3. The molecule has 0 fully saturated rings. The molecular weight excluding hydrogens is 471 g/mol. The first kappa shape index (κ1) is 26.4. The molecule has 1 unspecified atom stereocenters. The van der Waals surface area contributed by atoms with Gasteiger partial charge in [-0.3, -0.25) is 0 Å². The molecule has 0 aliphatic rings. The summed E-state index contributed by atoms with van der Waals surface area (Å²) in [4.78, 5) is 0. The summed E-state index contributed by atoms with van der Waals surface area (Å²) in [5, 5.41) is 4.25. The monoisotopic (exact) mass is 511 g/mol. The summed E-state index contributed by atoms with van der Waals surface area (Å²) in [7, 11) is -3.65. The zero-order chi connectivity index (χ0) is 25.4. The van der Waals surface area contributed by atoms with Gasteiger partial charge in [0, 0.05) is 0 Å². The third kappa shape index (κ3) is 6.36. The summed E-state index contributed by atoms with van der Waals surface area (Å²) in [5.74, 6) is 1.74. The highest BCUT2D eigenvalue weighted by atomic mass is 31.2. The molecule has 4 aromatic carbocycles. The molecule has 4 aromatic rings. The smallest absolute Gasteiger partial charge is 0.245 e. The Hall–Kier alpha value is -2.67. The number of rotatable bonds is 11. The van der Waals surface area contributed by atoms with Crippen molar-refractivity contribution in [2.75, 3.05) is 0 Å². The summed E-state index contributed by atoms with van der Waals surface area (Å²) >= 11 is 0. The van der Waals surface area contributed by atoms with Crippen LogP contribution in [0, 0.1) is 5.92 Å². The van der Waals surface area contributed by atoms with Crippen molar-refractivity contribution in [3.63, 3.8) is 0 Å². The maximum Gasteiger partial charge on any atom is 0.245 e. The average Bonchev–Trinajstić information content (AvgIpc) is 2.89. The van der Waals surface area contributed by atoms with Crippen LogP contribution >= 0.6 is 7.26 Å². The van der Waals surface area contributed by atoms with Gasteiger partial charge in [-0.15, -0.1) is 0 Å². The Labute approximate surface area is 220 Å². The van der Waals surface area contributed by atoms with E-state index in [4.69, 9.17) is 4.43 Å². The van der Waals surface area contributed by atoms with Crippen LogP contribution in [0.5, 0.6) is 5.75 Å². The molecule has 36 heavy (non-hydrogen) atoms. The summed E-state index contributed by atoms with van der Waals surface area (Å²) < 4.78 is 6.61. The van der Waals surface area contributed by atoms with Gasteiger partial charge in [0.25, 0.3) is 0 Å². The Morgan fingerprint density at radius 1 is 0.667 bits per heavy atom. The van der Waals surface area contributed by atoms with Crippen molar-refractivity contribution in [3.05, 3.63) is 121 Å². The zero-order valence-corrected chi connectivity index (χ0v) is 24.1. The lowest BCUT2D eigenvalue weighted by atomic mass is 10.1. The Morgan fingerprint density at radius 3 is 1.53 bits per heavy atom. The highest BCUT2D eigenvalue weighted by molar-refractivity contribution is 7.95. The predicted molar refractivity (Wildman–Crippen MR) is 162 cm³/mol. The fraction of sp³-hybridized carbons (Fsp3) is 0.273. The van der Waals surface area contributed by atoms with Gasteiger partial charge >= 0.3 is 0 Å². The number of hydrogen-bond donors (Lipinski definition) is 0. The average molecular weight is 512 g/mol. The van der Waals surface area contributed by atoms with Crippen LogP contribution in [0.15, 0.2) is 115 Å². The summed E-state index contributed by atoms with van der Waals surface area (Å²) in [6, 6.07) is 43.5. The van der Waals surface area contributed by atoms with Crippen molar-refractivity contribution in [2.24, 2.45) is 5.92 Å². The fourth-order valence-electron chi connectivity index (χ4n) is 5.50. The lowest BCUT2D eigenvalue weighted by molar-refractivity contribution is 0.499. The highest BCUT2D eigenvalue weighted by Gasteiger charge is 2.45. The van der Waals surface area contributed by atoms with Crippen LogP contribution in [0.25, 0.3) is 0 Å². The summed E-state index contributed by atoms with van der Waals surface area (Å²) in [6.45, 7) is 9.34. The third-order valence-corrected chi connectivity index (χ3v) is 13.8. The van der Waals surface area contributed by atoms with Crippen LogP contribution in [0.3, 0.4) is 0 Å². The molecule has 0 aliphatic heterocycles. The molecule has 1 nitrogen and oxygen atoms in total. The standard InChI is InChI=1S/C33H40OPSi/c1-5-15-28(2)27-36(3,4)34-30-24-22-29(23-25-30)26-35(31-16-9-6-10-17-31,32-18-11-7-12-19-32)33-20-13-8-14-21-33/h6-14,16-25,28H,5,15,26-27H2,1-4H3/q+1. The molecule has 186 valence electrons. The van der Waals surface area contributed by atoms with Crippen LogP contribution < -0.4 is 20.3 Å². The summed E-state index contributed by atoms with van der Waals surface area (Å²) in [6.07, 6.45) is 3.51. The number of hydrogen-bond acceptors (Lipinski definition) is 1. The van der Waals surface area contributed by atoms with Gasteiger partial charge in [-0.1, -0.05) is 93.4 Å². The van der Waals surface area contributed by atoms with E-state index in [0.29, 0.717) is 0 Å². The van der Waals surface area contributed by atoms with Gasteiger partial charge < -0.3 is 4.43 Å². The van der Waals surface area contributed by atoms with Crippen LogP contribution in [-0.2, 0) is 6.16 Å². The van der Waals surface area contributed by atoms with Crippen molar-refractivity contribution in [1.29, 1.82) is 0 Å². The Bertz CT molecular complexity index is 1090. The topological polar surface area (TPSA) is 9.23 Å². The minimum Gasteiger partial charge on any atom is -0.544 e.